The fourth-order valence-electron chi connectivity index (χ4n) is 1.28. The maximum Gasteiger partial charge on any atom is 0.280 e. The third-order valence-corrected chi connectivity index (χ3v) is 2.33. The minimum absolute atomic E-state index is 0. The second-order valence-electron chi connectivity index (χ2n) is 4.62. The molecule has 23 heavy (non-hydrogen) atoms. The van der Waals surface area contributed by atoms with E-state index in [9.17, 15) is 0 Å². The van der Waals surface area contributed by atoms with Crippen LogP contribution in [0.5, 0.6) is 0 Å². The SMILES string of the molecule is C.CC/C=N/OCO/N=C/CC.CCCNCCCNCCC. The molecule has 0 bridgehead atoms. The molecule has 0 amide bonds. The average molecular weight is 333 g/mol. The molecule has 0 aromatic rings. The maximum absolute atomic E-state index is 4.65. The fraction of sp³-hybridized carbons (Fsp3) is 0.882. The molecule has 0 unspecified atom stereocenters. The lowest BCUT2D eigenvalue weighted by Crippen LogP contribution is -2.22. The normalized spacial score (nSPS) is 10.3. The van der Waals surface area contributed by atoms with E-state index in [2.05, 4.69) is 44.5 Å². The Bertz CT molecular complexity index is 215. The van der Waals surface area contributed by atoms with Crippen LogP contribution in [0.1, 0.15) is 67.2 Å². The van der Waals surface area contributed by atoms with Gasteiger partial charge in [0.1, 0.15) is 0 Å². The van der Waals surface area contributed by atoms with E-state index in [1.807, 2.05) is 13.8 Å². The van der Waals surface area contributed by atoms with Gasteiger partial charge in [-0.15, -0.1) is 0 Å². The van der Waals surface area contributed by atoms with Crippen LogP contribution < -0.4 is 10.6 Å². The molecule has 0 aromatic heterocycles. The van der Waals surface area contributed by atoms with E-state index in [0.717, 1.165) is 39.0 Å². The third kappa shape index (κ3) is 33.6. The summed E-state index contributed by atoms with van der Waals surface area (Å²) in [5.74, 6) is 0. The molecule has 6 nitrogen and oxygen atoms in total. The molecule has 0 aliphatic carbocycles. The van der Waals surface area contributed by atoms with E-state index >= 15 is 0 Å². The number of hydrogen-bond acceptors (Lipinski definition) is 6. The van der Waals surface area contributed by atoms with Crippen molar-refractivity contribution < 1.29 is 9.68 Å². The largest absolute Gasteiger partial charge is 0.352 e. The molecule has 6 heteroatoms. The van der Waals surface area contributed by atoms with E-state index in [0.29, 0.717) is 0 Å². The van der Waals surface area contributed by atoms with Gasteiger partial charge in [-0.05, 0) is 58.3 Å². The first-order valence-electron chi connectivity index (χ1n) is 8.52. The zero-order valence-electron chi connectivity index (χ0n) is 14.9. The zero-order chi connectivity index (χ0) is 16.7. The van der Waals surface area contributed by atoms with Crippen LogP contribution in [0.15, 0.2) is 10.3 Å². The molecule has 0 saturated carbocycles. The van der Waals surface area contributed by atoms with Crippen LogP contribution >= 0.6 is 0 Å². The molecule has 0 atom stereocenters. The topological polar surface area (TPSA) is 67.2 Å². The van der Waals surface area contributed by atoms with E-state index in [-0.39, 0.29) is 14.2 Å². The van der Waals surface area contributed by atoms with E-state index in [1.165, 1.54) is 19.3 Å². The van der Waals surface area contributed by atoms with E-state index < -0.39 is 0 Å². The minimum atomic E-state index is 0. The van der Waals surface area contributed by atoms with Crippen LogP contribution in [-0.2, 0) is 9.68 Å². The van der Waals surface area contributed by atoms with Crippen molar-refractivity contribution in [2.45, 2.75) is 67.2 Å². The Balaban J connectivity index is -0.000000333. The lowest BCUT2D eigenvalue weighted by Gasteiger charge is -2.03. The predicted octanol–water partition coefficient (Wildman–Crippen LogP) is 3.78. The standard InChI is InChI=1S/C9H22N2.C7H14N2O2.CH4/c1-3-6-10-8-5-9-11-7-4-2;1-3-5-8-10-7-11-9-6-4-2;/h10-11H,3-9H2,1-2H3;5-6H,3-4,7H2,1-2H3;1H4/b;8-5+,9-6+;. The lowest BCUT2D eigenvalue weighted by atomic mass is 10.4. The summed E-state index contributed by atoms with van der Waals surface area (Å²) in [5, 5.41) is 13.9. The van der Waals surface area contributed by atoms with Gasteiger partial charge in [-0.3, -0.25) is 0 Å². The number of oxime groups is 2. The highest BCUT2D eigenvalue weighted by Crippen LogP contribution is 1.80. The summed E-state index contributed by atoms with van der Waals surface area (Å²) >= 11 is 0. The summed E-state index contributed by atoms with van der Waals surface area (Å²) in [6.45, 7) is 13.1. The van der Waals surface area contributed by atoms with E-state index in [4.69, 9.17) is 0 Å². The van der Waals surface area contributed by atoms with Crippen LogP contribution in [-0.4, -0.2) is 45.4 Å². The first-order valence-corrected chi connectivity index (χ1v) is 8.52. The summed E-state index contributed by atoms with van der Waals surface area (Å²) in [6.07, 6.45) is 8.76. The summed E-state index contributed by atoms with van der Waals surface area (Å²) < 4.78 is 0. The molecule has 0 aliphatic rings. The quantitative estimate of drug-likeness (QED) is 0.220. The van der Waals surface area contributed by atoms with Gasteiger partial charge >= 0.3 is 0 Å². The smallest absolute Gasteiger partial charge is 0.280 e. The molecule has 0 spiro atoms. The van der Waals surface area contributed by atoms with E-state index in [1.54, 1.807) is 12.4 Å². The van der Waals surface area contributed by atoms with Crippen LogP contribution in [0.2, 0.25) is 0 Å². The number of rotatable bonds is 14. The van der Waals surface area contributed by atoms with Crippen molar-refractivity contribution in [1.29, 1.82) is 0 Å². The lowest BCUT2D eigenvalue weighted by molar-refractivity contribution is -0.0497. The average Bonchev–Trinajstić information content (AvgIpc) is 2.54. The van der Waals surface area contributed by atoms with Crippen molar-refractivity contribution in [3.8, 4) is 0 Å². The highest BCUT2D eigenvalue weighted by molar-refractivity contribution is 5.55. The Hall–Kier alpha value is -1.14. The van der Waals surface area contributed by atoms with Gasteiger partial charge in [0.2, 0.25) is 0 Å². The molecule has 0 aromatic carbocycles. The summed E-state index contributed by atoms with van der Waals surface area (Å²) in [5.41, 5.74) is 0. The molecule has 140 valence electrons. The predicted molar refractivity (Wildman–Crippen MR) is 102 cm³/mol. The minimum Gasteiger partial charge on any atom is -0.352 e. The van der Waals surface area contributed by atoms with Crippen molar-refractivity contribution in [2.24, 2.45) is 10.3 Å². The molecule has 0 radical (unpaired) electrons. The zero-order valence-corrected chi connectivity index (χ0v) is 14.9. The molecule has 0 saturated heterocycles. The van der Waals surface area contributed by atoms with Crippen LogP contribution in [0.25, 0.3) is 0 Å². The van der Waals surface area contributed by atoms with Gasteiger partial charge in [0, 0.05) is 12.4 Å². The Labute approximate surface area is 144 Å². The highest BCUT2D eigenvalue weighted by atomic mass is 16.8. The fourth-order valence-corrected chi connectivity index (χ4v) is 1.28. The molecular formula is C17H40N4O2. The highest BCUT2D eigenvalue weighted by Gasteiger charge is 1.86. The number of nitrogens with one attached hydrogen (secondary N) is 2. The summed E-state index contributed by atoms with van der Waals surface area (Å²) in [6, 6.07) is 0. The number of nitrogens with zero attached hydrogens (tertiary/aromatic N) is 2. The first-order chi connectivity index (χ1) is 10.8. The van der Waals surface area contributed by atoms with Gasteiger partial charge in [0.05, 0.1) is 0 Å². The van der Waals surface area contributed by atoms with Crippen molar-refractivity contribution in [1.82, 2.24) is 10.6 Å². The molecule has 2 N–H and O–H groups in total. The van der Waals surface area contributed by atoms with Crippen LogP contribution in [0.3, 0.4) is 0 Å². The van der Waals surface area contributed by atoms with Crippen LogP contribution in [0, 0.1) is 0 Å². The van der Waals surface area contributed by atoms with Crippen molar-refractivity contribution in [3.63, 3.8) is 0 Å². The molecule has 0 aliphatic heterocycles. The Morgan fingerprint density at radius 1 is 0.739 bits per heavy atom. The van der Waals surface area contributed by atoms with Gasteiger partial charge in [0.25, 0.3) is 6.79 Å². The first kappa shape index (κ1) is 26.7. The number of hydrogen-bond donors (Lipinski definition) is 2. The third-order valence-electron chi connectivity index (χ3n) is 2.33. The molecule has 0 rings (SSSR count). The molecule has 0 heterocycles. The van der Waals surface area contributed by atoms with Gasteiger partial charge in [-0.1, -0.05) is 45.4 Å². The molecule has 0 fully saturated rings. The second kappa shape index (κ2) is 28.9. The van der Waals surface area contributed by atoms with Crippen LogP contribution in [0.4, 0.5) is 0 Å². The van der Waals surface area contributed by atoms with Crippen molar-refractivity contribution >= 4 is 12.4 Å². The maximum atomic E-state index is 4.65. The monoisotopic (exact) mass is 332 g/mol. The van der Waals surface area contributed by atoms with Gasteiger partial charge in [-0.2, -0.15) is 0 Å². The Morgan fingerprint density at radius 3 is 1.52 bits per heavy atom. The Morgan fingerprint density at radius 2 is 1.17 bits per heavy atom. The Kier molecular flexibility index (Phi) is 33.7. The van der Waals surface area contributed by atoms with Crippen molar-refractivity contribution in [2.75, 3.05) is 33.0 Å². The van der Waals surface area contributed by atoms with Gasteiger partial charge < -0.3 is 20.3 Å². The van der Waals surface area contributed by atoms with Gasteiger partial charge in [-0.25, -0.2) is 0 Å². The van der Waals surface area contributed by atoms with Crippen molar-refractivity contribution in [3.05, 3.63) is 0 Å². The summed E-state index contributed by atoms with van der Waals surface area (Å²) in [7, 11) is 0. The summed E-state index contributed by atoms with van der Waals surface area (Å²) in [4.78, 5) is 9.31. The van der Waals surface area contributed by atoms with Gasteiger partial charge in [0.15, 0.2) is 0 Å². The molecular weight excluding hydrogens is 292 g/mol. The second-order valence-corrected chi connectivity index (χ2v) is 4.62.